The summed E-state index contributed by atoms with van der Waals surface area (Å²) >= 11 is 0. The van der Waals surface area contributed by atoms with Crippen LogP contribution in [0.3, 0.4) is 0 Å². The summed E-state index contributed by atoms with van der Waals surface area (Å²) in [5.41, 5.74) is 2.38. The highest BCUT2D eigenvalue weighted by Crippen LogP contribution is 2.38. The first kappa shape index (κ1) is 15.5. The number of aryl methyl sites for hydroxylation is 1. The normalized spacial score (nSPS) is 21.3. The number of benzene rings is 1. The van der Waals surface area contributed by atoms with Crippen molar-refractivity contribution in [1.29, 1.82) is 0 Å². The minimum Gasteiger partial charge on any atom is -0.342 e. The zero-order valence-corrected chi connectivity index (χ0v) is 14.1. The maximum atomic E-state index is 13.1. The second kappa shape index (κ2) is 5.69. The molecule has 0 radical (unpaired) electrons. The molecule has 3 nitrogen and oxygen atoms in total. The van der Waals surface area contributed by atoms with Gasteiger partial charge in [-0.15, -0.1) is 0 Å². The van der Waals surface area contributed by atoms with E-state index in [9.17, 15) is 4.79 Å². The van der Waals surface area contributed by atoms with Crippen molar-refractivity contribution in [3.05, 3.63) is 35.4 Å². The van der Waals surface area contributed by atoms with E-state index in [-0.39, 0.29) is 5.91 Å². The Labute approximate surface area is 134 Å². The summed E-state index contributed by atoms with van der Waals surface area (Å²) in [7, 11) is 0. The Balaban J connectivity index is 1.73. The molecule has 3 heteroatoms. The molecule has 2 heterocycles. The van der Waals surface area contributed by atoms with E-state index < -0.39 is 5.41 Å². The maximum absolute atomic E-state index is 13.1. The minimum atomic E-state index is -0.441. The molecule has 0 atom stereocenters. The molecule has 1 spiro atoms. The lowest BCUT2D eigenvalue weighted by molar-refractivity contribution is -0.138. The Hall–Kier alpha value is -1.35. The third kappa shape index (κ3) is 2.67. The summed E-state index contributed by atoms with van der Waals surface area (Å²) in [5.74, 6) is 0.280. The first-order valence-electron chi connectivity index (χ1n) is 8.51. The standard InChI is InChI=1S/C19H28N2O/c1-15-6-4-5-7-16(15)18(2,3)17(22)21-12-9-19(10-13-21)8-11-20-14-19/h4-7,20H,8-14H2,1-3H3. The fraction of sp³-hybridized carbons (Fsp3) is 0.632. The lowest BCUT2D eigenvalue weighted by Gasteiger charge is -2.42. The SMILES string of the molecule is Cc1ccccc1C(C)(C)C(=O)N1CCC2(CCNC2)CC1. The Morgan fingerprint density at radius 3 is 2.45 bits per heavy atom. The lowest BCUT2D eigenvalue weighted by Crippen LogP contribution is -2.50. The van der Waals surface area contributed by atoms with Crippen LogP contribution in [0.5, 0.6) is 0 Å². The van der Waals surface area contributed by atoms with Crippen LogP contribution in [0.2, 0.25) is 0 Å². The molecule has 0 aromatic heterocycles. The van der Waals surface area contributed by atoms with Gasteiger partial charge < -0.3 is 10.2 Å². The van der Waals surface area contributed by atoms with Crippen LogP contribution in [0.25, 0.3) is 0 Å². The highest BCUT2D eigenvalue weighted by molar-refractivity contribution is 5.87. The number of likely N-dealkylation sites (tertiary alicyclic amines) is 1. The average Bonchev–Trinajstić information content (AvgIpc) is 2.96. The largest absolute Gasteiger partial charge is 0.342 e. The van der Waals surface area contributed by atoms with Gasteiger partial charge in [0.1, 0.15) is 0 Å². The molecule has 2 fully saturated rings. The van der Waals surface area contributed by atoms with Gasteiger partial charge in [0.05, 0.1) is 5.41 Å². The summed E-state index contributed by atoms with van der Waals surface area (Å²) < 4.78 is 0. The van der Waals surface area contributed by atoms with Gasteiger partial charge in [-0.1, -0.05) is 24.3 Å². The molecule has 0 saturated carbocycles. The number of piperidine rings is 1. The van der Waals surface area contributed by atoms with Crippen LogP contribution in [0, 0.1) is 12.3 Å². The van der Waals surface area contributed by atoms with Crippen LogP contribution in [0.1, 0.15) is 44.2 Å². The van der Waals surface area contributed by atoms with Crippen LogP contribution >= 0.6 is 0 Å². The number of rotatable bonds is 2. The van der Waals surface area contributed by atoms with Crippen molar-refractivity contribution in [1.82, 2.24) is 10.2 Å². The molecule has 1 N–H and O–H groups in total. The van der Waals surface area contributed by atoms with Crippen molar-refractivity contribution < 1.29 is 4.79 Å². The van der Waals surface area contributed by atoms with Crippen molar-refractivity contribution in [2.45, 2.75) is 45.4 Å². The number of hydrogen-bond acceptors (Lipinski definition) is 2. The monoisotopic (exact) mass is 300 g/mol. The average molecular weight is 300 g/mol. The molecule has 3 rings (SSSR count). The van der Waals surface area contributed by atoms with Gasteiger partial charge in [-0.2, -0.15) is 0 Å². The Morgan fingerprint density at radius 1 is 1.18 bits per heavy atom. The molecule has 0 unspecified atom stereocenters. The number of carbonyl (C=O) groups excluding carboxylic acids is 1. The smallest absolute Gasteiger partial charge is 0.232 e. The molecule has 2 aliphatic rings. The first-order valence-corrected chi connectivity index (χ1v) is 8.51. The Bertz CT molecular complexity index is 548. The molecule has 120 valence electrons. The summed E-state index contributed by atoms with van der Waals surface area (Å²) in [4.78, 5) is 15.2. The van der Waals surface area contributed by atoms with Gasteiger partial charge in [-0.25, -0.2) is 0 Å². The zero-order valence-electron chi connectivity index (χ0n) is 14.1. The molecule has 1 aromatic rings. The maximum Gasteiger partial charge on any atom is 0.232 e. The molecular weight excluding hydrogens is 272 g/mol. The van der Waals surface area contributed by atoms with E-state index >= 15 is 0 Å². The predicted molar refractivity (Wildman–Crippen MR) is 89.9 cm³/mol. The summed E-state index contributed by atoms with van der Waals surface area (Å²) in [6.07, 6.45) is 3.57. The van der Waals surface area contributed by atoms with Crippen LogP contribution in [0.15, 0.2) is 24.3 Å². The van der Waals surface area contributed by atoms with Crippen molar-refractivity contribution in [3.63, 3.8) is 0 Å². The van der Waals surface area contributed by atoms with E-state index in [1.807, 2.05) is 12.1 Å². The summed E-state index contributed by atoms with van der Waals surface area (Å²) in [6.45, 7) is 10.3. The van der Waals surface area contributed by atoms with Crippen molar-refractivity contribution >= 4 is 5.91 Å². The van der Waals surface area contributed by atoms with Gasteiger partial charge in [0.25, 0.3) is 0 Å². The number of hydrogen-bond donors (Lipinski definition) is 1. The summed E-state index contributed by atoms with van der Waals surface area (Å²) in [6, 6.07) is 8.27. The van der Waals surface area contributed by atoms with Gasteiger partial charge >= 0.3 is 0 Å². The molecule has 2 saturated heterocycles. The van der Waals surface area contributed by atoms with Gasteiger partial charge in [0.2, 0.25) is 5.91 Å². The highest BCUT2D eigenvalue weighted by Gasteiger charge is 2.41. The molecular formula is C19H28N2O. The van der Waals surface area contributed by atoms with Gasteiger partial charge in [0, 0.05) is 19.6 Å². The molecule has 1 aromatic carbocycles. The fourth-order valence-corrected chi connectivity index (χ4v) is 4.19. The number of amides is 1. The second-order valence-electron chi connectivity index (χ2n) is 7.66. The van der Waals surface area contributed by atoms with E-state index in [4.69, 9.17) is 0 Å². The third-order valence-electron chi connectivity index (χ3n) is 5.80. The molecule has 1 amide bonds. The number of carbonyl (C=O) groups is 1. The van der Waals surface area contributed by atoms with E-state index in [1.54, 1.807) is 0 Å². The van der Waals surface area contributed by atoms with Gasteiger partial charge in [-0.3, -0.25) is 4.79 Å². The second-order valence-corrected chi connectivity index (χ2v) is 7.66. The highest BCUT2D eigenvalue weighted by atomic mass is 16.2. The van der Waals surface area contributed by atoms with Crippen LogP contribution in [-0.2, 0) is 10.2 Å². The van der Waals surface area contributed by atoms with Crippen LogP contribution < -0.4 is 5.32 Å². The van der Waals surface area contributed by atoms with Gasteiger partial charge in [0.15, 0.2) is 0 Å². The zero-order chi connectivity index (χ0) is 15.8. The number of nitrogens with one attached hydrogen (secondary N) is 1. The molecule has 0 bridgehead atoms. The number of nitrogens with zero attached hydrogens (tertiary/aromatic N) is 1. The molecule has 0 aliphatic carbocycles. The van der Waals surface area contributed by atoms with Crippen molar-refractivity contribution in [3.8, 4) is 0 Å². The lowest BCUT2D eigenvalue weighted by atomic mass is 9.76. The quantitative estimate of drug-likeness (QED) is 0.911. The molecule has 22 heavy (non-hydrogen) atoms. The van der Waals surface area contributed by atoms with E-state index in [1.165, 1.54) is 12.0 Å². The van der Waals surface area contributed by atoms with Crippen molar-refractivity contribution in [2.24, 2.45) is 5.41 Å². The first-order chi connectivity index (χ1) is 10.4. The predicted octanol–water partition coefficient (Wildman–Crippen LogP) is 2.87. The third-order valence-corrected chi connectivity index (χ3v) is 5.80. The van der Waals surface area contributed by atoms with Crippen LogP contribution in [0.4, 0.5) is 0 Å². The summed E-state index contributed by atoms with van der Waals surface area (Å²) in [5, 5.41) is 3.49. The van der Waals surface area contributed by atoms with Crippen LogP contribution in [-0.4, -0.2) is 37.0 Å². The van der Waals surface area contributed by atoms with E-state index in [0.717, 1.165) is 44.6 Å². The van der Waals surface area contributed by atoms with E-state index in [0.29, 0.717) is 5.41 Å². The minimum absolute atomic E-state index is 0.280. The Morgan fingerprint density at radius 2 is 1.86 bits per heavy atom. The van der Waals surface area contributed by atoms with E-state index in [2.05, 4.69) is 43.1 Å². The topological polar surface area (TPSA) is 32.3 Å². The fourth-order valence-electron chi connectivity index (χ4n) is 4.19. The van der Waals surface area contributed by atoms with Gasteiger partial charge in [-0.05, 0) is 63.1 Å². The Kier molecular flexibility index (Phi) is 4.02. The molecule has 2 aliphatic heterocycles. The van der Waals surface area contributed by atoms with Crippen molar-refractivity contribution in [2.75, 3.05) is 26.2 Å².